The molecule has 9 heteroatoms. The van der Waals surface area contributed by atoms with E-state index in [9.17, 15) is 10.1 Å². The Labute approximate surface area is 106 Å². The maximum Gasteiger partial charge on any atom is 0.331 e. The maximum atomic E-state index is 10.9. The zero-order valence-electron chi connectivity index (χ0n) is 9.28. The van der Waals surface area contributed by atoms with E-state index in [4.69, 9.17) is 16.3 Å². The molecule has 0 aromatic carbocycles. The van der Waals surface area contributed by atoms with E-state index < -0.39 is 4.92 Å². The van der Waals surface area contributed by atoms with Gasteiger partial charge in [0.05, 0.1) is 17.7 Å². The van der Waals surface area contributed by atoms with Gasteiger partial charge in [-0.25, -0.2) is 4.98 Å². The lowest BCUT2D eigenvalue weighted by molar-refractivity contribution is -0.385. The standard InChI is InChI=1S/C9H8ClN5O3/c1-18-5-6-8(15(16)17)9(10)14(13-6)7-4-11-2-3-12-7/h2-4H,5H2,1H3. The molecule has 0 spiro atoms. The molecule has 0 aliphatic heterocycles. The Morgan fingerprint density at radius 2 is 2.33 bits per heavy atom. The summed E-state index contributed by atoms with van der Waals surface area (Å²) in [5, 5.41) is 14.8. The van der Waals surface area contributed by atoms with Crippen molar-refractivity contribution in [1.82, 2.24) is 19.7 Å². The van der Waals surface area contributed by atoms with Crippen LogP contribution in [0.5, 0.6) is 0 Å². The first-order valence-corrected chi connectivity index (χ1v) is 5.20. The number of hydrogen-bond acceptors (Lipinski definition) is 6. The molecule has 0 unspecified atom stereocenters. The molecule has 2 aromatic rings. The van der Waals surface area contributed by atoms with Crippen molar-refractivity contribution in [2.45, 2.75) is 6.61 Å². The Balaban J connectivity index is 2.57. The first-order chi connectivity index (χ1) is 8.65. The molecular formula is C9H8ClN5O3. The van der Waals surface area contributed by atoms with Crippen LogP contribution in [0.15, 0.2) is 18.6 Å². The van der Waals surface area contributed by atoms with Gasteiger partial charge in [0.2, 0.25) is 5.15 Å². The fraction of sp³-hybridized carbons (Fsp3) is 0.222. The Bertz CT molecular complexity index is 571. The summed E-state index contributed by atoms with van der Waals surface area (Å²) < 4.78 is 6.00. The van der Waals surface area contributed by atoms with Crippen LogP contribution in [-0.4, -0.2) is 31.8 Å². The van der Waals surface area contributed by atoms with Gasteiger partial charge in [-0.2, -0.15) is 9.78 Å². The van der Waals surface area contributed by atoms with Gasteiger partial charge in [0.25, 0.3) is 0 Å². The number of nitrogens with zero attached hydrogens (tertiary/aromatic N) is 5. The molecule has 0 atom stereocenters. The molecule has 2 rings (SSSR count). The van der Waals surface area contributed by atoms with Crippen LogP contribution in [0, 0.1) is 10.1 Å². The molecular weight excluding hydrogens is 262 g/mol. The van der Waals surface area contributed by atoms with Crippen LogP contribution in [0.4, 0.5) is 5.69 Å². The fourth-order valence-electron chi connectivity index (χ4n) is 1.40. The molecule has 0 amide bonds. The lowest BCUT2D eigenvalue weighted by Crippen LogP contribution is -2.00. The van der Waals surface area contributed by atoms with Crippen LogP contribution in [0.25, 0.3) is 5.82 Å². The predicted octanol–water partition coefficient (Wildman–Crippen LogP) is 1.37. The van der Waals surface area contributed by atoms with E-state index in [1.54, 1.807) is 0 Å². The van der Waals surface area contributed by atoms with E-state index in [1.165, 1.54) is 25.7 Å². The highest BCUT2D eigenvalue weighted by molar-refractivity contribution is 6.32. The van der Waals surface area contributed by atoms with Gasteiger partial charge in [0.15, 0.2) is 11.5 Å². The molecule has 0 saturated heterocycles. The smallest absolute Gasteiger partial charge is 0.331 e. The van der Waals surface area contributed by atoms with Gasteiger partial charge >= 0.3 is 5.69 Å². The lowest BCUT2D eigenvalue weighted by Gasteiger charge is -1.98. The molecule has 18 heavy (non-hydrogen) atoms. The van der Waals surface area contributed by atoms with Crippen molar-refractivity contribution in [2.75, 3.05) is 7.11 Å². The quantitative estimate of drug-likeness (QED) is 0.614. The maximum absolute atomic E-state index is 10.9. The second-order valence-electron chi connectivity index (χ2n) is 3.25. The van der Waals surface area contributed by atoms with Gasteiger partial charge < -0.3 is 4.74 Å². The number of hydrogen-bond donors (Lipinski definition) is 0. The average molecular weight is 270 g/mol. The third kappa shape index (κ3) is 2.15. The Hall–Kier alpha value is -2.06. The van der Waals surface area contributed by atoms with Crippen LogP contribution in [-0.2, 0) is 11.3 Å². The number of methoxy groups -OCH3 is 1. The topological polar surface area (TPSA) is 96.0 Å². The molecule has 8 nitrogen and oxygen atoms in total. The van der Waals surface area contributed by atoms with Crippen LogP contribution < -0.4 is 0 Å². The highest BCUT2D eigenvalue weighted by Crippen LogP contribution is 2.30. The molecule has 0 radical (unpaired) electrons. The zero-order chi connectivity index (χ0) is 13.1. The summed E-state index contributed by atoms with van der Waals surface area (Å²) in [6, 6.07) is 0. The van der Waals surface area contributed by atoms with Crippen molar-refractivity contribution in [3.05, 3.63) is 39.6 Å². The molecule has 0 saturated carbocycles. The lowest BCUT2D eigenvalue weighted by atomic mass is 10.4. The molecule has 0 N–H and O–H groups in total. The second-order valence-corrected chi connectivity index (χ2v) is 3.61. The highest BCUT2D eigenvalue weighted by atomic mass is 35.5. The Morgan fingerprint density at radius 1 is 1.56 bits per heavy atom. The summed E-state index contributed by atoms with van der Waals surface area (Å²) in [6.07, 6.45) is 4.32. The number of halogens is 1. The van der Waals surface area contributed by atoms with Gasteiger partial charge in [-0.3, -0.25) is 15.1 Å². The minimum atomic E-state index is -0.601. The molecule has 2 aromatic heterocycles. The molecule has 94 valence electrons. The largest absolute Gasteiger partial charge is 0.378 e. The third-order valence-electron chi connectivity index (χ3n) is 2.11. The molecule has 0 aliphatic carbocycles. The molecule has 0 aliphatic rings. The van der Waals surface area contributed by atoms with E-state index in [2.05, 4.69) is 15.1 Å². The number of aromatic nitrogens is 4. The van der Waals surface area contributed by atoms with E-state index >= 15 is 0 Å². The van der Waals surface area contributed by atoms with Crippen molar-refractivity contribution in [3.63, 3.8) is 0 Å². The van der Waals surface area contributed by atoms with Gasteiger partial charge in [0.1, 0.15) is 0 Å². The first kappa shape index (κ1) is 12.4. The van der Waals surface area contributed by atoms with Gasteiger partial charge in [-0.05, 0) is 0 Å². The number of rotatable bonds is 4. The molecule has 0 bridgehead atoms. The minimum absolute atomic E-state index is 0.0106. The van der Waals surface area contributed by atoms with Crippen LogP contribution in [0.2, 0.25) is 5.15 Å². The first-order valence-electron chi connectivity index (χ1n) is 4.82. The molecule has 2 heterocycles. The van der Waals surface area contributed by atoms with Crippen molar-refractivity contribution in [3.8, 4) is 5.82 Å². The average Bonchev–Trinajstić information content (AvgIpc) is 2.68. The summed E-state index contributed by atoms with van der Waals surface area (Å²) in [6.45, 7) is -0.0106. The van der Waals surface area contributed by atoms with Gasteiger partial charge in [-0.1, -0.05) is 11.6 Å². The summed E-state index contributed by atoms with van der Waals surface area (Å²) in [5.74, 6) is 0.299. The SMILES string of the molecule is COCc1nn(-c2cnccn2)c(Cl)c1[N+](=O)[O-]. The van der Waals surface area contributed by atoms with Gasteiger partial charge in [-0.15, -0.1) is 0 Å². The summed E-state index contributed by atoms with van der Waals surface area (Å²) in [7, 11) is 1.42. The monoisotopic (exact) mass is 269 g/mol. The van der Waals surface area contributed by atoms with Crippen LogP contribution >= 0.6 is 11.6 Å². The normalized spacial score (nSPS) is 10.6. The molecule has 0 fully saturated rings. The van der Waals surface area contributed by atoms with Crippen molar-refractivity contribution >= 4 is 17.3 Å². The number of nitro groups is 1. The summed E-state index contributed by atoms with van der Waals surface area (Å²) in [4.78, 5) is 18.2. The van der Waals surface area contributed by atoms with E-state index in [-0.39, 0.29) is 23.1 Å². The van der Waals surface area contributed by atoms with Crippen LogP contribution in [0.1, 0.15) is 5.69 Å². The second kappa shape index (κ2) is 5.07. The van der Waals surface area contributed by atoms with Gasteiger partial charge in [0, 0.05) is 19.5 Å². The minimum Gasteiger partial charge on any atom is -0.378 e. The number of ether oxygens (including phenoxy) is 1. The Kier molecular flexibility index (Phi) is 3.49. The Morgan fingerprint density at radius 3 is 2.89 bits per heavy atom. The summed E-state index contributed by atoms with van der Waals surface area (Å²) >= 11 is 5.93. The van der Waals surface area contributed by atoms with Crippen LogP contribution in [0.3, 0.4) is 0 Å². The summed E-state index contributed by atoms with van der Waals surface area (Å²) in [5.41, 5.74) is -0.151. The van der Waals surface area contributed by atoms with Crippen molar-refractivity contribution < 1.29 is 9.66 Å². The van der Waals surface area contributed by atoms with E-state index in [0.29, 0.717) is 5.82 Å². The predicted molar refractivity (Wildman–Crippen MR) is 61.5 cm³/mol. The zero-order valence-corrected chi connectivity index (χ0v) is 10.0. The fourth-order valence-corrected chi connectivity index (χ4v) is 1.70. The van der Waals surface area contributed by atoms with Crippen molar-refractivity contribution in [1.29, 1.82) is 0 Å². The third-order valence-corrected chi connectivity index (χ3v) is 2.44. The van der Waals surface area contributed by atoms with E-state index in [0.717, 1.165) is 4.68 Å². The van der Waals surface area contributed by atoms with E-state index in [1.807, 2.05) is 0 Å². The highest BCUT2D eigenvalue weighted by Gasteiger charge is 2.27. The van der Waals surface area contributed by atoms with Crippen molar-refractivity contribution in [2.24, 2.45) is 0 Å².